The van der Waals surface area contributed by atoms with E-state index >= 15 is 0 Å². The second kappa shape index (κ2) is 15.9. The summed E-state index contributed by atoms with van der Waals surface area (Å²) in [5.74, 6) is 2.04. The van der Waals surface area contributed by atoms with E-state index in [0.29, 0.717) is 12.1 Å². The summed E-state index contributed by atoms with van der Waals surface area (Å²) in [5, 5.41) is 0. The van der Waals surface area contributed by atoms with Crippen molar-refractivity contribution >= 4 is 0 Å². The van der Waals surface area contributed by atoms with Crippen LogP contribution in [0, 0.1) is 11.8 Å². The van der Waals surface area contributed by atoms with Gasteiger partial charge in [-0.1, -0.05) is 55.4 Å². The van der Waals surface area contributed by atoms with E-state index in [2.05, 4.69) is 51.3 Å². The maximum Gasteiger partial charge on any atom is 0.0825 e. The molecule has 1 saturated carbocycles. The average molecular weight is 375 g/mol. The maximum absolute atomic E-state index is 5.12. The van der Waals surface area contributed by atoms with Crippen molar-refractivity contribution in [2.45, 2.75) is 108 Å². The number of rotatable bonds is 4. The van der Waals surface area contributed by atoms with E-state index in [-0.39, 0.29) is 22.3 Å². The molecule has 0 aromatic carbocycles. The summed E-state index contributed by atoms with van der Waals surface area (Å²) in [4.78, 5) is 4.87. The highest BCUT2D eigenvalue weighted by Gasteiger charge is 2.27. The molecule has 2 aliphatic heterocycles. The highest BCUT2D eigenvalue weighted by molar-refractivity contribution is 4.82. The van der Waals surface area contributed by atoms with Gasteiger partial charge in [-0.25, -0.2) is 0 Å². The SMILES string of the molecule is C.C.C.CC(C)C1CCC1.CC(C)N1CCC1.COC1CN(C(C)C)C1. The lowest BCUT2D eigenvalue weighted by atomic mass is 9.78. The van der Waals surface area contributed by atoms with Crippen molar-refractivity contribution in [2.75, 3.05) is 33.3 Å². The van der Waals surface area contributed by atoms with Crippen molar-refractivity contribution in [3.05, 3.63) is 0 Å². The molecule has 2 heterocycles. The number of hydrogen-bond donors (Lipinski definition) is 0. The predicted molar refractivity (Wildman–Crippen MR) is 121 cm³/mol. The fraction of sp³-hybridized carbons (Fsp3) is 1.00. The Morgan fingerprint density at radius 2 is 1.19 bits per heavy atom. The molecule has 3 aliphatic rings. The zero-order chi connectivity index (χ0) is 17.4. The van der Waals surface area contributed by atoms with E-state index in [0.717, 1.165) is 31.0 Å². The zero-order valence-electron chi connectivity index (χ0n) is 16.8. The summed E-state index contributed by atoms with van der Waals surface area (Å²) >= 11 is 0. The molecule has 3 rings (SSSR count). The third-order valence-electron chi connectivity index (χ3n) is 5.65. The minimum atomic E-state index is 0. The molecule has 1 aliphatic carbocycles. The van der Waals surface area contributed by atoms with Crippen molar-refractivity contribution < 1.29 is 4.74 Å². The highest BCUT2D eigenvalue weighted by atomic mass is 16.5. The van der Waals surface area contributed by atoms with Gasteiger partial charge >= 0.3 is 0 Å². The normalized spacial score (nSPS) is 20.1. The van der Waals surface area contributed by atoms with E-state index in [9.17, 15) is 0 Å². The summed E-state index contributed by atoms with van der Waals surface area (Å²) in [6.07, 6.45) is 6.41. The number of nitrogens with zero attached hydrogens (tertiary/aromatic N) is 2. The summed E-state index contributed by atoms with van der Waals surface area (Å²) in [6.45, 7) is 18.5. The second-order valence-electron chi connectivity index (χ2n) is 8.32. The molecule has 3 fully saturated rings. The Bertz CT molecular complexity index is 273. The van der Waals surface area contributed by atoms with Gasteiger partial charge in [-0.05, 0) is 59.0 Å². The molecule has 0 radical (unpaired) electrons. The molecule has 0 amide bonds. The van der Waals surface area contributed by atoms with Crippen molar-refractivity contribution in [1.82, 2.24) is 9.80 Å². The van der Waals surface area contributed by atoms with Gasteiger partial charge in [-0.3, -0.25) is 4.90 Å². The molecule has 0 N–H and O–H groups in total. The molecule has 2 saturated heterocycles. The summed E-state index contributed by atoms with van der Waals surface area (Å²) in [6, 6.07) is 1.48. The van der Waals surface area contributed by atoms with Gasteiger partial charge in [0.25, 0.3) is 0 Å². The lowest BCUT2D eigenvalue weighted by Crippen LogP contribution is -2.54. The second-order valence-corrected chi connectivity index (χ2v) is 8.32. The third-order valence-corrected chi connectivity index (χ3v) is 5.65. The minimum Gasteiger partial charge on any atom is -0.379 e. The first-order chi connectivity index (χ1) is 10.8. The van der Waals surface area contributed by atoms with Crippen LogP contribution in [0.3, 0.4) is 0 Å². The summed E-state index contributed by atoms with van der Waals surface area (Å²) in [5.41, 5.74) is 0. The Hall–Kier alpha value is -0.120. The van der Waals surface area contributed by atoms with Crippen molar-refractivity contribution in [3.63, 3.8) is 0 Å². The van der Waals surface area contributed by atoms with Gasteiger partial charge in [-0.15, -0.1) is 0 Å². The Morgan fingerprint density at radius 3 is 1.31 bits per heavy atom. The smallest absolute Gasteiger partial charge is 0.0825 e. The molecule has 0 spiro atoms. The Balaban J connectivity index is -0.000000291. The first-order valence-corrected chi connectivity index (χ1v) is 9.86. The average Bonchev–Trinajstić information content (AvgIpc) is 2.21. The summed E-state index contributed by atoms with van der Waals surface area (Å²) < 4.78 is 5.12. The van der Waals surface area contributed by atoms with Gasteiger partial charge in [0.05, 0.1) is 6.10 Å². The molecular weight excluding hydrogens is 320 g/mol. The topological polar surface area (TPSA) is 15.7 Å². The number of methoxy groups -OCH3 is 1. The van der Waals surface area contributed by atoms with Gasteiger partial charge in [0.1, 0.15) is 0 Å². The van der Waals surface area contributed by atoms with Crippen LogP contribution in [-0.4, -0.2) is 61.3 Å². The van der Waals surface area contributed by atoms with Crippen LogP contribution in [0.1, 0.15) is 89.5 Å². The van der Waals surface area contributed by atoms with Crippen molar-refractivity contribution in [1.29, 1.82) is 0 Å². The Labute approximate surface area is 167 Å². The van der Waals surface area contributed by atoms with Gasteiger partial charge in [0, 0.05) is 32.3 Å². The van der Waals surface area contributed by atoms with Crippen LogP contribution >= 0.6 is 0 Å². The fourth-order valence-corrected chi connectivity index (χ4v) is 3.00. The number of likely N-dealkylation sites (tertiary alicyclic amines) is 2. The van der Waals surface area contributed by atoms with Gasteiger partial charge in [-0.2, -0.15) is 0 Å². The molecule has 0 atom stereocenters. The van der Waals surface area contributed by atoms with Gasteiger partial charge < -0.3 is 9.64 Å². The van der Waals surface area contributed by atoms with Crippen LogP contribution < -0.4 is 0 Å². The Kier molecular flexibility index (Phi) is 18.7. The number of hydrogen-bond acceptors (Lipinski definition) is 3. The largest absolute Gasteiger partial charge is 0.379 e. The molecule has 0 aromatic heterocycles. The van der Waals surface area contributed by atoms with Crippen molar-refractivity contribution in [2.24, 2.45) is 11.8 Å². The molecule has 162 valence electrons. The fourth-order valence-electron chi connectivity index (χ4n) is 3.00. The first kappa shape index (κ1) is 30.6. The predicted octanol–water partition coefficient (Wildman–Crippen LogP) is 6.18. The number of ether oxygens (including phenoxy) is 1. The molecule has 26 heavy (non-hydrogen) atoms. The quantitative estimate of drug-likeness (QED) is 0.584. The Morgan fingerprint density at radius 1 is 0.731 bits per heavy atom. The minimum absolute atomic E-state index is 0. The third kappa shape index (κ3) is 10.9. The van der Waals surface area contributed by atoms with E-state index in [1.807, 2.05) is 0 Å². The van der Waals surface area contributed by atoms with Gasteiger partial charge in [0.2, 0.25) is 0 Å². The van der Waals surface area contributed by atoms with Crippen LogP contribution in [-0.2, 0) is 4.74 Å². The molecule has 0 aromatic rings. The van der Waals surface area contributed by atoms with Crippen LogP contribution in [0.25, 0.3) is 0 Å². The lowest BCUT2D eigenvalue weighted by Gasteiger charge is -2.40. The van der Waals surface area contributed by atoms with Gasteiger partial charge in [0.15, 0.2) is 0 Å². The van der Waals surface area contributed by atoms with Crippen LogP contribution in [0.2, 0.25) is 0 Å². The van der Waals surface area contributed by atoms with E-state index in [1.165, 1.54) is 38.8 Å². The van der Waals surface area contributed by atoms with Crippen molar-refractivity contribution in [3.8, 4) is 0 Å². The molecule has 0 bridgehead atoms. The van der Waals surface area contributed by atoms with Crippen LogP contribution in [0.4, 0.5) is 0 Å². The molecule has 3 heteroatoms. The van der Waals surface area contributed by atoms with Crippen LogP contribution in [0.15, 0.2) is 0 Å². The first-order valence-electron chi connectivity index (χ1n) is 9.86. The lowest BCUT2D eigenvalue weighted by molar-refractivity contribution is -0.0437. The monoisotopic (exact) mass is 374 g/mol. The van der Waals surface area contributed by atoms with Crippen LogP contribution in [0.5, 0.6) is 0 Å². The van der Waals surface area contributed by atoms with E-state index < -0.39 is 0 Å². The highest BCUT2D eigenvalue weighted by Crippen LogP contribution is 2.32. The molecule has 3 nitrogen and oxygen atoms in total. The summed E-state index contributed by atoms with van der Waals surface area (Å²) in [7, 11) is 1.78. The standard InChI is InChI=1S/C7H15NO.C7H14.C6H13N.3CH4/c1-6(2)8-4-7(5-8)9-3;2*1-6(2)7-4-3-5-7;;;/h6-7H,4-5H2,1-3H3;6-7H,3-5H2,1-2H3;6H,3-5H2,1-2H3;3*1H4. The molecule has 0 unspecified atom stereocenters. The van der Waals surface area contributed by atoms with E-state index in [1.54, 1.807) is 7.11 Å². The van der Waals surface area contributed by atoms with E-state index in [4.69, 9.17) is 4.74 Å². The zero-order valence-corrected chi connectivity index (χ0v) is 16.8. The maximum atomic E-state index is 5.12. The molecular formula is C23H54N2O.